The summed E-state index contributed by atoms with van der Waals surface area (Å²) in [5.41, 5.74) is -0.0554. The van der Waals surface area contributed by atoms with Gasteiger partial charge in [0.25, 0.3) is 0 Å². The minimum absolute atomic E-state index is 0.184. The van der Waals surface area contributed by atoms with Gasteiger partial charge < -0.3 is 38.8 Å². The number of benzene rings is 2. The molecule has 12 heteroatoms. The number of ether oxygens (including phenoxy) is 4. The molecule has 10 atom stereocenters. The molecule has 0 radical (unpaired) electrons. The molecule has 1 unspecified atom stereocenters. The van der Waals surface area contributed by atoms with Gasteiger partial charge in [-0.25, -0.2) is 4.79 Å². The predicted molar refractivity (Wildman–Crippen MR) is 219 cm³/mol. The molecule has 6 heterocycles. The van der Waals surface area contributed by atoms with Crippen LogP contribution in [-0.2, 0) is 45.8 Å². The summed E-state index contributed by atoms with van der Waals surface area (Å²) in [5, 5.41) is 14.4. The third kappa shape index (κ3) is 5.00. The number of hydrogen-bond donors (Lipinski definition) is 2. The smallest absolute Gasteiger partial charge is 0.344 e. The number of H-pyrrole nitrogens is 1. The first-order valence-corrected chi connectivity index (χ1v) is 21.2. The van der Waals surface area contributed by atoms with Gasteiger partial charge in [0.2, 0.25) is 5.60 Å². The Morgan fingerprint density at radius 3 is 2.47 bits per heavy atom. The fourth-order valence-electron chi connectivity index (χ4n) is 13.5. The molecule has 0 amide bonds. The number of rotatable bonds is 7. The van der Waals surface area contributed by atoms with Gasteiger partial charge >= 0.3 is 17.9 Å². The lowest BCUT2D eigenvalue weighted by atomic mass is 9.47. The monoisotopic (exact) mass is 794 g/mol. The van der Waals surface area contributed by atoms with Gasteiger partial charge in [-0.2, -0.15) is 0 Å². The SMILES string of the molecule is CC[C@@H]1C[C@H]2CN(CCc3c([nH]c4ccccc34)[C@](C(=O)OC)(c3cc4c(cc3OC)N(C)[C@@H]3[C@](O)(C(=O)OC)[C@H](OC(C)=O)[C@]5(CC)C=CCN6CC[C@]43[C@H]65)C2)C1. The van der Waals surface area contributed by atoms with Gasteiger partial charge in [0.15, 0.2) is 6.10 Å². The quantitative estimate of drug-likeness (QED) is 0.193. The number of hydrogen-bond acceptors (Lipinski definition) is 11. The molecule has 2 bridgehead atoms. The number of aromatic nitrogens is 1. The van der Waals surface area contributed by atoms with Crippen molar-refractivity contribution in [2.75, 3.05) is 66.0 Å². The van der Waals surface area contributed by atoms with Crippen molar-refractivity contribution in [2.24, 2.45) is 17.3 Å². The van der Waals surface area contributed by atoms with Gasteiger partial charge in [-0.1, -0.05) is 50.6 Å². The summed E-state index contributed by atoms with van der Waals surface area (Å²) in [6.07, 6.45) is 7.33. The maximum Gasteiger partial charge on any atom is 0.344 e. The molecule has 3 fully saturated rings. The molecule has 58 heavy (non-hydrogen) atoms. The van der Waals surface area contributed by atoms with Crippen LogP contribution in [0.5, 0.6) is 5.75 Å². The van der Waals surface area contributed by atoms with E-state index >= 15 is 4.79 Å². The van der Waals surface area contributed by atoms with Crippen LogP contribution >= 0.6 is 0 Å². The van der Waals surface area contributed by atoms with E-state index in [4.69, 9.17) is 18.9 Å². The molecule has 3 aromatic rings. The molecule has 1 aromatic heterocycles. The van der Waals surface area contributed by atoms with Crippen molar-refractivity contribution in [1.29, 1.82) is 0 Å². The second-order valence-corrected chi connectivity index (χ2v) is 18.0. The molecular formula is C46H58N4O8. The zero-order valence-electron chi connectivity index (χ0n) is 34.9. The molecule has 12 nitrogen and oxygen atoms in total. The number of carbonyl (C=O) groups is 3. The van der Waals surface area contributed by atoms with E-state index < -0.39 is 45.9 Å². The lowest BCUT2D eigenvalue weighted by Crippen LogP contribution is -2.81. The third-order valence-electron chi connectivity index (χ3n) is 15.5. The van der Waals surface area contributed by atoms with E-state index in [9.17, 15) is 14.7 Å². The number of nitrogens with one attached hydrogen (secondary N) is 1. The number of fused-ring (bicyclic) bond motifs is 6. The summed E-state index contributed by atoms with van der Waals surface area (Å²) in [6, 6.07) is 11.3. The van der Waals surface area contributed by atoms with Crippen molar-refractivity contribution in [1.82, 2.24) is 14.8 Å². The van der Waals surface area contributed by atoms with Crippen molar-refractivity contribution in [3.05, 3.63) is 70.9 Å². The number of para-hydroxylation sites is 1. The topological polar surface area (TPSA) is 134 Å². The van der Waals surface area contributed by atoms with Gasteiger partial charge in [-0.05, 0) is 73.7 Å². The summed E-state index contributed by atoms with van der Waals surface area (Å²) in [7, 11) is 6.28. The average molecular weight is 795 g/mol. The summed E-state index contributed by atoms with van der Waals surface area (Å²) >= 11 is 0. The van der Waals surface area contributed by atoms with Crippen molar-refractivity contribution in [3.8, 4) is 5.75 Å². The Kier molecular flexibility index (Phi) is 9.33. The molecule has 1 spiro atoms. The summed E-state index contributed by atoms with van der Waals surface area (Å²) in [5.74, 6) is -0.578. The summed E-state index contributed by atoms with van der Waals surface area (Å²) in [4.78, 5) is 53.5. The summed E-state index contributed by atoms with van der Waals surface area (Å²) < 4.78 is 24.0. The van der Waals surface area contributed by atoms with E-state index in [0.717, 1.165) is 72.3 Å². The summed E-state index contributed by atoms with van der Waals surface area (Å²) in [6.45, 7) is 9.79. The Morgan fingerprint density at radius 1 is 0.983 bits per heavy atom. The molecule has 2 aromatic carbocycles. The van der Waals surface area contributed by atoms with Crippen molar-refractivity contribution in [2.45, 2.75) is 93.9 Å². The highest BCUT2D eigenvalue weighted by molar-refractivity contribution is 5.95. The number of anilines is 1. The van der Waals surface area contributed by atoms with Gasteiger partial charge in [-0.3, -0.25) is 14.5 Å². The Hall–Kier alpha value is -4.39. The van der Waals surface area contributed by atoms with Gasteiger partial charge in [0.1, 0.15) is 11.2 Å². The molecule has 6 aliphatic rings. The largest absolute Gasteiger partial charge is 0.496 e. The Balaban J connectivity index is 1.36. The highest BCUT2D eigenvalue weighted by Crippen LogP contribution is 2.68. The fourth-order valence-corrected chi connectivity index (χ4v) is 13.5. The zero-order valence-corrected chi connectivity index (χ0v) is 34.9. The maximum atomic E-state index is 15.3. The van der Waals surface area contributed by atoms with E-state index in [1.807, 2.05) is 31.0 Å². The molecule has 5 aliphatic heterocycles. The van der Waals surface area contributed by atoms with Crippen LogP contribution in [-0.4, -0.2) is 123 Å². The molecular weight excluding hydrogens is 737 g/mol. The number of nitrogens with zero attached hydrogens (tertiary/aromatic N) is 3. The second-order valence-electron chi connectivity index (χ2n) is 18.0. The number of methoxy groups -OCH3 is 3. The minimum atomic E-state index is -2.27. The van der Waals surface area contributed by atoms with Crippen LogP contribution < -0.4 is 9.64 Å². The van der Waals surface area contributed by atoms with Crippen molar-refractivity contribution >= 4 is 34.5 Å². The average Bonchev–Trinajstić information content (AvgIpc) is 3.89. The van der Waals surface area contributed by atoms with Crippen LogP contribution in [0.4, 0.5) is 5.69 Å². The Bertz CT molecular complexity index is 2200. The standard InChI is InChI=1S/C46H58N4O8/c1-8-28-21-29-24-45(41(52)56-6,37-31(15-19-49(25-28)26-29)30-13-10-11-14-34(30)47-37)33-22-32-35(23-36(33)55-5)48(4)39-44(32)17-20-50-18-12-16-43(9-2,38(44)50)40(58-27(3)51)46(39,54)42(53)57-7/h10-14,16,22-23,28-29,38-40,47,54H,8-9,15,17-21,24-26H2,1-7H3/t28-,29-,38-,39+,40-,43-,44-,45-,46-/m1/s1. The second kappa shape index (κ2) is 13.8. The highest BCUT2D eigenvalue weighted by Gasteiger charge is 2.80. The number of aromatic amines is 1. The van der Waals surface area contributed by atoms with Crippen LogP contribution in [0, 0.1) is 17.3 Å². The molecule has 9 rings (SSSR count). The first kappa shape index (κ1) is 39.1. The van der Waals surface area contributed by atoms with E-state index in [-0.39, 0.29) is 17.9 Å². The normalized spacial score (nSPS) is 36.1. The minimum Gasteiger partial charge on any atom is -0.496 e. The molecule has 1 saturated carbocycles. The zero-order chi connectivity index (χ0) is 40.9. The first-order chi connectivity index (χ1) is 27.9. The van der Waals surface area contributed by atoms with Crippen LogP contribution in [0.25, 0.3) is 10.9 Å². The lowest BCUT2D eigenvalue weighted by molar-refractivity contribution is -0.228. The Morgan fingerprint density at radius 2 is 1.76 bits per heavy atom. The van der Waals surface area contributed by atoms with Gasteiger partial charge in [-0.15, -0.1) is 0 Å². The maximum absolute atomic E-state index is 15.3. The van der Waals surface area contributed by atoms with Crippen LogP contribution in [0.15, 0.2) is 48.6 Å². The molecule has 2 saturated heterocycles. The Labute approximate surface area is 340 Å². The van der Waals surface area contributed by atoms with Gasteiger partial charge in [0, 0.05) is 90.9 Å². The van der Waals surface area contributed by atoms with Gasteiger partial charge in [0.05, 0.1) is 27.4 Å². The van der Waals surface area contributed by atoms with Crippen LogP contribution in [0.1, 0.15) is 75.3 Å². The fraction of sp³-hybridized carbons (Fsp3) is 0.587. The van der Waals surface area contributed by atoms with Crippen molar-refractivity contribution in [3.63, 3.8) is 0 Å². The number of piperidine rings is 1. The molecule has 310 valence electrons. The lowest BCUT2D eigenvalue weighted by Gasteiger charge is -2.63. The first-order valence-electron chi connectivity index (χ1n) is 21.2. The number of carbonyl (C=O) groups excluding carboxylic acids is 3. The van der Waals surface area contributed by atoms with E-state index in [1.165, 1.54) is 21.1 Å². The third-order valence-corrected chi connectivity index (χ3v) is 15.5. The number of aliphatic hydroxyl groups is 1. The van der Waals surface area contributed by atoms with E-state index in [0.29, 0.717) is 49.6 Å². The highest BCUT2D eigenvalue weighted by atomic mass is 16.6. The van der Waals surface area contributed by atoms with Crippen molar-refractivity contribution < 1.29 is 38.4 Å². The molecule has 2 N–H and O–H groups in total. The molecule has 1 aliphatic carbocycles. The predicted octanol–water partition coefficient (Wildman–Crippen LogP) is 4.88. The van der Waals surface area contributed by atoms with E-state index in [1.54, 1.807) is 7.11 Å². The van der Waals surface area contributed by atoms with Crippen LogP contribution in [0.3, 0.4) is 0 Å². The van der Waals surface area contributed by atoms with Crippen LogP contribution in [0.2, 0.25) is 0 Å². The number of likely N-dealkylation sites (N-methyl/N-ethyl adjacent to an activating group) is 1. The number of esters is 3. The van der Waals surface area contributed by atoms with E-state index in [2.05, 4.69) is 58.1 Å².